The third kappa shape index (κ3) is 3.72. The Kier molecular flexibility index (Phi) is 5.55. The van der Waals surface area contributed by atoms with Crippen LogP contribution in [0.2, 0.25) is 0 Å². The molecule has 11 heteroatoms. The first-order valence-corrected chi connectivity index (χ1v) is 9.73. The van der Waals surface area contributed by atoms with Crippen LogP contribution in [0.25, 0.3) is 0 Å². The van der Waals surface area contributed by atoms with Crippen molar-refractivity contribution >= 4 is 38.0 Å². The smallest absolute Gasteiger partial charge is 0.461 e. The highest BCUT2D eigenvalue weighted by Gasteiger charge is 2.57. The van der Waals surface area contributed by atoms with Crippen LogP contribution in [0.5, 0.6) is 0 Å². The maximum Gasteiger partial charge on any atom is 0.465 e. The third-order valence-electron chi connectivity index (χ3n) is 4.43. The van der Waals surface area contributed by atoms with E-state index in [1.54, 1.807) is 0 Å². The van der Waals surface area contributed by atoms with E-state index in [1.165, 1.54) is 0 Å². The molecule has 0 amide bonds. The monoisotopic (exact) mass is 434 g/mol. The molecule has 24 heavy (non-hydrogen) atoms. The average Bonchev–Trinajstić information content (AvgIpc) is 3.04. The molecule has 2 fully saturated rings. The predicted octanol–water partition coefficient (Wildman–Crippen LogP) is 1.89. The van der Waals surface area contributed by atoms with Gasteiger partial charge >= 0.3 is 27.3 Å². The van der Waals surface area contributed by atoms with E-state index in [2.05, 4.69) is 20.7 Å². The Bertz CT molecular complexity index is 624. The number of alkyl halides is 3. The lowest BCUT2D eigenvalue weighted by atomic mass is 9.95. The van der Waals surface area contributed by atoms with Gasteiger partial charge in [-0.25, -0.2) is 4.79 Å². The van der Waals surface area contributed by atoms with Crippen molar-refractivity contribution in [3.63, 3.8) is 0 Å². The Labute approximate surface area is 145 Å². The van der Waals surface area contributed by atoms with Gasteiger partial charge in [0.1, 0.15) is 17.0 Å². The SMILES string of the molecule is CCC(Br)C(=O)OC1CC2CC1CC2OC(=O)C(F)(F)S(=O)(=O)O. The van der Waals surface area contributed by atoms with Crippen LogP contribution in [0.1, 0.15) is 32.6 Å². The summed E-state index contributed by atoms with van der Waals surface area (Å²) in [5.74, 6) is -3.11. The van der Waals surface area contributed by atoms with E-state index in [4.69, 9.17) is 9.29 Å². The number of esters is 2. The Morgan fingerprint density at radius 3 is 2.12 bits per heavy atom. The summed E-state index contributed by atoms with van der Waals surface area (Å²) in [7, 11) is -5.88. The predicted molar refractivity (Wildman–Crippen MR) is 80.1 cm³/mol. The molecule has 138 valence electrons. The number of hydrogen-bond donors (Lipinski definition) is 1. The minimum atomic E-state index is -5.88. The Morgan fingerprint density at radius 2 is 1.71 bits per heavy atom. The standard InChI is InChI=1S/C13H17BrF2O7S/c1-2-8(14)11(17)22-9-4-7-3-6(9)5-10(7)23-12(18)13(15,16)24(19,20)21/h6-10H,2-5H2,1H3,(H,19,20,21). The molecule has 2 rings (SSSR count). The van der Waals surface area contributed by atoms with Gasteiger partial charge in [0.2, 0.25) is 0 Å². The first kappa shape index (κ1) is 19.5. The highest BCUT2D eigenvalue weighted by Crippen LogP contribution is 2.48. The van der Waals surface area contributed by atoms with Gasteiger partial charge in [-0.15, -0.1) is 0 Å². The second-order valence-electron chi connectivity index (χ2n) is 6.01. The Morgan fingerprint density at radius 1 is 1.21 bits per heavy atom. The summed E-state index contributed by atoms with van der Waals surface area (Å²) in [6.45, 7) is 1.81. The fraction of sp³-hybridized carbons (Fsp3) is 0.846. The van der Waals surface area contributed by atoms with Crippen LogP contribution in [0.15, 0.2) is 0 Å². The van der Waals surface area contributed by atoms with Crippen molar-refractivity contribution in [1.82, 2.24) is 0 Å². The summed E-state index contributed by atoms with van der Waals surface area (Å²) in [4.78, 5) is 22.7. The van der Waals surface area contributed by atoms with Gasteiger partial charge in [-0.3, -0.25) is 9.35 Å². The molecule has 1 N–H and O–H groups in total. The zero-order chi connectivity index (χ0) is 18.3. The molecule has 5 atom stereocenters. The average molecular weight is 435 g/mol. The number of halogens is 3. The van der Waals surface area contributed by atoms with Crippen LogP contribution in [-0.4, -0.2) is 47.2 Å². The molecular weight excluding hydrogens is 418 g/mol. The molecule has 0 aromatic carbocycles. The molecule has 0 saturated heterocycles. The molecule has 0 aromatic rings. The molecule has 2 aliphatic rings. The second-order valence-corrected chi connectivity index (χ2v) is 8.58. The minimum Gasteiger partial charge on any atom is -0.461 e. The molecule has 2 saturated carbocycles. The zero-order valence-electron chi connectivity index (χ0n) is 12.7. The maximum absolute atomic E-state index is 13.2. The summed E-state index contributed by atoms with van der Waals surface area (Å²) < 4.78 is 65.8. The Balaban J connectivity index is 1.92. The first-order valence-electron chi connectivity index (χ1n) is 7.37. The van der Waals surface area contributed by atoms with Crippen molar-refractivity contribution in [1.29, 1.82) is 0 Å². The van der Waals surface area contributed by atoms with E-state index in [-0.39, 0.29) is 24.4 Å². The van der Waals surface area contributed by atoms with Crippen molar-refractivity contribution in [3.8, 4) is 0 Å². The number of ether oxygens (including phenoxy) is 2. The van der Waals surface area contributed by atoms with E-state index >= 15 is 0 Å². The summed E-state index contributed by atoms with van der Waals surface area (Å²) in [5.41, 5.74) is 0. The van der Waals surface area contributed by atoms with Gasteiger partial charge in [0.05, 0.1) is 0 Å². The molecule has 5 unspecified atom stereocenters. The topological polar surface area (TPSA) is 107 Å². The van der Waals surface area contributed by atoms with Crippen molar-refractivity contribution in [2.45, 2.75) is 54.9 Å². The number of hydrogen-bond acceptors (Lipinski definition) is 6. The molecule has 2 aliphatic carbocycles. The molecule has 0 spiro atoms. The Hall–Kier alpha value is -0.810. The van der Waals surface area contributed by atoms with Crippen molar-refractivity contribution in [3.05, 3.63) is 0 Å². The lowest BCUT2D eigenvalue weighted by Gasteiger charge is -2.28. The highest BCUT2D eigenvalue weighted by atomic mass is 79.9. The molecule has 0 heterocycles. The maximum atomic E-state index is 13.2. The molecule has 7 nitrogen and oxygen atoms in total. The van der Waals surface area contributed by atoms with E-state index in [1.807, 2.05) is 6.92 Å². The lowest BCUT2D eigenvalue weighted by Crippen LogP contribution is -2.42. The van der Waals surface area contributed by atoms with E-state index in [9.17, 15) is 26.8 Å². The largest absolute Gasteiger partial charge is 0.465 e. The fourth-order valence-electron chi connectivity index (χ4n) is 3.16. The van der Waals surface area contributed by atoms with Gasteiger partial charge < -0.3 is 9.47 Å². The van der Waals surface area contributed by atoms with Gasteiger partial charge in [-0.1, -0.05) is 22.9 Å². The third-order valence-corrected chi connectivity index (χ3v) is 6.26. The second kappa shape index (κ2) is 6.83. The van der Waals surface area contributed by atoms with Crippen molar-refractivity contribution < 1.29 is 40.8 Å². The van der Waals surface area contributed by atoms with Gasteiger partial charge in [0.25, 0.3) is 0 Å². The van der Waals surface area contributed by atoms with E-state index in [0.29, 0.717) is 19.3 Å². The molecule has 2 bridgehead atoms. The van der Waals surface area contributed by atoms with Gasteiger partial charge in [0, 0.05) is 0 Å². The van der Waals surface area contributed by atoms with Crippen LogP contribution < -0.4 is 0 Å². The van der Waals surface area contributed by atoms with E-state index < -0.39 is 38.2 Å². The summed E-state index contributed by atoms with van der Waals surface area (Å²) in [6.07, 6.45) is 0.406. The normalized spacial score (nSPS) is 30.9. The van der Waals surface area contributed by atoms with Gasteiger partial charge in [-0.05, 0) is 37.5 Å². The van der Waals surface area contributed by atoms with Crippen molar-refractivity contribution in [2.24, 2.45) is 11.8 Å². The molecule has 0 radical (unpaired) electrons. The summed E-state index contributed by atoms with van der Waals surface area (Å²) in [6, 6.07) is 0. The number of rotatable bonds is 6. The zero-order valence-corrected chi connectivity index (χ0v) is 15.1. The van der Waals surface area contributed by atoms with Crippen LogP contribution >= 0.6 is 15.9 Å². The number of fused-ring (bicyclic) bond motifs is 2. The molecule has 0 aliphatic heterocycles. The fourth-order valence-corrected chi connectivity index (χ4v) is 3.53. The van der Waals surface area contributed by atoms with Crippen molar-refractivity contribution in [2.75, 3.05) is 0 Å². The van der Waals surface area contributed by atoms with Crippen LogP contribution in [0.3, 0.4) is 0 Å². The first-order chi connectivity index (χ1) is 11.0. The number of carbonyl (C=O) groups is 2. The van der Waals surface area contributed by atoms with Gasteiger partial charge in [0.15, 0.2) is 0 Å². The summed E-state index contributed by atoms with van der Waals surface area (Å²) >= 11 is 3.18. The van der Waals surface area contributed by atoms with Crippen LogP contribution in [0.4, 0.5) is 8.78 Å². The van der Waals surface area contributed by atoms with Gasteiger partial charge in [-0.2, -0.15) is 17.2 Å². The lowest BCUT2D eigenvalue weighted by molar-refractivity contribution is -0.172. The minimum absolute atomic E-state index is 0.132. The van der Waals surface area contributed by atoms with Crippen LogP contribution in [-0.2, 0) is 29.2 Å². The molecule has 0 aromatic heterocycles. The van der Waals surface area contributed by atoms with Crippen LogP contribution in [0, 0.1) is 11.8 Å². The number of carbonyl (C=O) groups excluding carboxylic acids is 2. The van der Waals surface area contributed by atoms with E-state index in [0.717, 1.165) is 0 Å². The molecular formula is C13H17BrF2O7S. The summed E-state index contributed by atoms with van der Waals surface area (Å²) in [5, 5.41) is -5.00. The quantitative estimate of drug-likeness (QED) is 0.386. The highest BCUT2D eigenvalue weighted by molar-refractivity contribution is 9.10.